The number of hydrogen-bond donors (Lipinski definition) is 3. The molecular formula is C24H27N3O3. The first-order chi connectivity index (χ1) is 14.7. The Bertz CT molecular complexity index is 896. The third-order valence-corrected chi connectivity index (χ3v) is 4.75. The molecule has 30 heavy (non-hydrogen) atoms. The number of amides is 3. The van der Waals surface area contributed by atoms with Gasteiger partial charge in [-0.2, -0.15) is 0 Å². The van der Waals surface area contributed by atoms with E-state index in [9.17, 15) is 9.59 Å². The quantitative estimate of drug-likeness (QED) is 0.477. The molecule has 3 aromatic rings. The highest BCUT2D eigenvalue weighted by molar-refractivity contribution is 5.84. The van der Waals surface area contributed by atoms with Gasteiger partial charge in [-0.15, -0.1) is 0 Å². The van der Waals surface area contributed by atoms with Gasteiger partial charge in [-0.1, -0.05) is 60.7 Å². The molecule has 0 radical (unpaired) electrons. The molecule has 2 aromatic carbocycles. The number of carbonyl (C=O) groups excluding carboxylic acids is 2. The number of furan rings is 1. The van der Waals surface area contributed by atoms with Gasteiger partial charge in [0.05, 0.1) is 25.4 Å². The lowest BCUT2D eigenvalue weighted by Crippen LogP contribution is -2.42. The number of benzene rings is 2. The summed E-state index contributed by atoms with van der Waals surface area (Å²) in [5.74, 6) is 0.425. The lowest BCUT2D eigenvalue weighted by Gasteiger charge is -2.19. The van der Waals surface area contributed by atoms with Gasteiger partial charge in [-0.05, 0) is 42.5 Å². The molecule has 0 aliphatic carbocycles. The van der Waals surface area contributed by atoms with Crippen molar-refractivity contribution in [1.82, 2.24) is 16.0 Å². The highest BCUT2D eigenvalue weighted by Gasteiger charge is 2.15. The Balaban J connectivity index is 1.46. The lowest BCUT2D eigenvalue weighted by atomic mass is 9.99. The van der Waals surface area contributed by atoms with E-state index in [1.54, 1.807) is 18.4 Å². The van der Waals surface area contributed by atoms with Crippen LogP contribution in [0.4, 0.5) is 4.79 Å². The van der Waals surface area contributed by atoms with Crippen LogP contribution in [0.15, 0.2) is 83.5 Å². The van der Waals surface area contributed by atoms with Crippen LogP contribution in [-0.4, -0.2) is 18.5 Å². The molecule has 0 fully saturated rings. The second-order valence-electron chi connectivity index (χ2n) is 7.02. The Kier molecular flexibility index (Phi) is 8.09. The first-order valence-electron chi connectivity index (χ1n) is 10.1. The van der Waals surface area contributed by atoms with Crippen LogP contribution in [0.1, 0.15) is 35.8 Å². The smallest absolute Gasteiger partial charge is 0.315 e. The van der Waals surface area contributed by atoms with E-state index < -0.39 is 6.03 Å². The van der Waals surface area contributed by atoms with Crippen LogP contribution in [-0.2, 0) is 17.8 Å². The van der Waals surface area contributed by atoms with E-state index in [2.05, 4.69) is 28.1 Å². The molecule has 0 aliphatic heterocycles. The van der Waals surface area contributed by atoms with E-state index in [0.717, 1.165) is 24.8 Å². The van der Waals surface area contributed by atoms with Crippen molar-refractivity contribution >= 4 is 11.9 Å². The molecular weight excluding hydrogens is 378 g/mol. The third-order valence-electron chi connectivity index (χ3n) is 4.75. The molecule has 0 saturated heterocycles. The first kappa shape index (κ1) is 21.2. The summed E-state index contributed by atoms with van der Waals surface area (Å²) in [5, 5.41) is 8.28. The number of aryl methyl sites for hydroxylation is 1. The molecule has 1 atom stereocenters. The van der Waals surface area contributed by atoms with E-state index in [1.165, 1.54) is 5.56 Å². The van der Waals surface area contributed by atoms with Gasteiger partial charge in [-0.25, -0.2) is 4.79 Å². The zero-order chi connectivity index (χ0) is 21.0. The molecule has 0 saturated carbocycles. The van der Waals surface area contributed by atoms with Gasteiger partial charge >= 0.3 is 6.03 Å². The van der Waals surface area contributed by atoms with Crippen molar-refractivity contribution in [2.45, 2.75) is 31.8 Å². The fraction of sp³-hybridized carbons (Fsp3) is 0.250. The van der Waals surface area contributed by atoms with Crippen LogP contribution < -0.4 is 16.0 Å². The van der Waals surface area contributed by atoms with E-state index in [-0.39, 0.29) is 25.0 Å². The highest BCUT2D eigenvalue weighted by atomic mass is 16.3. The standard InChI is InChI=1S/C24H27N3O3/c28-23(18-26-24(29)25-17-21-14-8-16-30-21)27-22(20-12-5-2-6-13-20)15-7-11-19-9-3-1-4-10-19/h1-6,8-10,12-14,16,22H,7,11,15,17-18H2,(H,27,28)(H2,25,26,29). The fourth-order valence-electron chi connectivity index (χ4n) is 3.21. The number of carbonyl (C=O) groups is 2. The highest BCUT2D eigenvalue weighted by Crippen LogP contribution is 2.19. The average Bonchev–Trinajstić information content (AvgIpc) is 3.31. The molecule has 3 N–H and O–H groups in total. The van der Waals surface area contributed by atoms with Crippen LogP contribution in [0.2, 0.25) is 0 Å². The zero-order valence-corrected chi connectivity index (χ0v) is 16.8. The van der Waals surface area contributed by atoms with Gasteiger partial charge in [0, 0.05) is 0 Å². The van der Waals surface area contributed by atoms with Gasteiger partial charge in [0.1, 0.15) is 5.76 Å². The van der Waals surface area contributed by atoms with Crippen LogP contribution in [0.5, 0.6) is 0 Å². The van der Waals surface area contributed by atoms with E-state index in [0.29, 0.717) is 5.76 Å². The molecule has 6 nitrogen and oxygen atoms in total. The second-order valence-corrected chi connectivity index (χ2v) is 7.02. The van der Waals surface area contributed by atoms with Crippen molar-refractivity contribution in [3.05, 3.63) is 95.9 Å². The Morgan fingerprint density at radius 1 is 0.867 bits per heavy atom. The summed E-state index contributed by atoms with van der Waals surface area (Å²) in [6.45, 7) is 0.179. The largest absolute Gasteiger partial charge is 0.467 e. The van der Waals surface area contributed by atoms with Crippen LogP contribution in [0.25, 0.3) is 0 Å². The van der Waals surface area contributed by atoms with Gasteiger partial charge < -0.3 is 20.4 Å². The molecule has 156 valence electrons. The molecule has 1 heterocycles. The summed E-state index contributed by atoms with van der Waals surface area (Å²) in [7, 11) is 0. The van der Waals surface area contributed by atoms with Crippen molar-refractivity contribution in [3.8, 4) is 0 Å². The molecule has 0 aliphatic rings. The Hall–Kier alpha value is -3.54. The Morgan fingerprint density at radius 2 is 1.60 bits per heavy atom. The molecule has 0 spiro atoms. The third kappa shape index (κ3) is 7.13. The minimum atomic E-state index is -0.415. The molecule has 6 heteroatoms. The molecule has 1 aromatic heterocycles. The average molecular weight is 405 g/mol. The van der Waals surface area contributed by atoms with Gasteiger partial charge in [0.2, 0.25) is 5.91 Å². The van der Waals surface area contributed by atoms with Crippen molar-refractivity contribution in [3.63, 3.8) is 0 Å². The fourth-order valence-corrected chi connectivity index (χ4v) is 3.21. The molecule has 1 unspecified atom stereocenters. The van der Waals surface area contributed by atoms with E-state index >= 15 is 0 Å². The second kappa shape index (κ2) is 11.5. The minimum absolute atomic E-state index is 0.0913. The van der Waals surface area contributed by atoms with Crippen LogP contribution >= 0.6 is 0 Å². The topological polar surface area (TPSA) is 83.4 Å². The maximum Gasteiger partial charge on any atom is 0.315 e. The molecule has 0 bridgehead atoms. The first-order valence-corrected chi connectivity index (χ1v) is 10.1. The SMILES string of the molecule is O=C(CNC(=O)NCc1ccco1)NC(CCCc1ccccc1)c1ccccc1. The van der Waals surface area contributed by atoms with Crippen molar-refractivity contribution in [2.75, 3.05) is 6.54 Å². The number of hydrogen-bond acceptors (Lipinski definition) is 3. The van der Waals surface area contributed by atoms with Gasteiger partial charge in [-0.3, -0.25) is 4.79 Å². The maximum absolute atomic E-state index is 12.4. The van der Waals surface area contributed by atoms with Crippen molar-refractivity contribution < 1.29 is 14.0 Å². The van der Waals surface area contributed by atoms with E-state index in [1.807, 2.05) is 48.5 Å². The summed E-state index contributed by atoms with van der Waals surface area (Å²) >= 11 is 0. The summed E-state index contributed by atoms with van der Waals surface area (Å²) < 4.78 is 5.16. The Morgan fingerprint density at radius 3 is 2.30 bits per heavy atom. The predicted molar refractivity (Wildman–Crippen MR) is 116 cm³/mol. The van der Waals surface area contributed by atoms with Gasteiger partial charge in [0.25, 0.3) is 0 Å². The Labute approximate surface area is 176 Å². The predicted octanol–water partition coefficient (Wildman–Crippen LogP) is 3.96. The zero-order valence-electron chi connectivity index (χ0n) is 16.8. The number of nitrogens with one attached hydrogen (secondary N) is 3. The maximum atomic E-state index is 12.4. The van der Waals surface area contributed by atoms with Crippen molar-refractivity contribution in [2.24, 2.45) is 0 Å². The number of rotatable bonds is 10. The molecule has 3 rings (SSSR count). The molecule has 3 amide bonds. The van der Waals surface area contributed by atoms with Crippen LogP contribution in [0, 0.1) is 0 Å². The summed E-state index contributed by atoms with van der Waals surface area (Å²) in [6, 6.07) is 23.2. The summed E-state index contributed by atoms with van der Waals surface area (Å²) in [5.41, 5.74) is 2.34. The summed E-state index contributed by atoms with van der Waals surface area (Å²) in [6.07, 6.45) is 4.26. The van der Waals surface area contributed by atoms with E-state index in [4.69, 9.17) is 4.42 Å². The normalized spacial score (nSPS) is 11.5. The van der Waals surface area contributed by atoms with Crippen LogP contribution in [0.3, 0.4) is 0 Å². The number of urea groups is 1. The lowest BCUT2D eigenvalue weighted by molar-refractivity contribution is -0.120. The van der Waals surface area contributed by atoms with Crippen molar-refractivity contribution in [1.29, 1.82) is 0 Å². The monoisotopic (exact) mass is 405 g/mol. The summed E-state index contributed by atoms with van der Waals surface area (Å²) in [4.78, 5) is 24.3. The van der Waals surface area contributed by atoms with Gasteiger partial charge in [0.15, 0.2) is 0 Å². The minimum Gasteiger partial charge on any atom is -0.467 e.